The largest absolute Gasteiger partial charge is 0.454 e. The summed E-state index contributed by atoms with van der Waals surface area (Å²) in [6.45, 7) is 2.65. The Morgan fingerprint density at radius 1 is 1.00 bits per heavy atom. The van der Waals surface area contributed by atoms with E-state index in [1.807, 2.05) is 0 Å². The standard InChI is InChI=1S/C19H35NO6/c1-2-3-4-5-6-7-8-9-10-11-12-13-20-18(24)16(23)17-14(21)15(22)19(25)26-17/h14-17,21-23H,2-13H2,1H3,(H,20,24)/t14-,15+,16-,17+/m1/s1. The van der Waals surface area contributed by atoms with Crippen LogP contribution in [0.3, 0.4) is 0 Å². The van der Waals surface area contributed by atoms with E-state index in [0.29, 0.717) is 6.54 Å². The number of hydrogen-bond acceptors (Lipinski definition) is 6. The fraction of sp³-hybridized carbons (Fsp3) is 0.895. The van der Waals surface area contributed by atoms with Crippen LogP contribution in [0, 0.1) is 0 Å². The zero-order valence-corrected chi connectivity index (χ0v) is 15.9. The van der Waals surface area contributed by atoms with Gasteiger partial charge >= 0.3 is 5.97 Å². The van der Waals surface area contributed by atoms with Gasteiger partial charge < -0.3 is 25.4 Å². The quantitative estimate of drug-likeness (QED) is 0.270. The number of rotatable bonds is 14. The Kier molecular flexibility index (Phi) is 11.5. The van der Waals surface area contributed by atoms with Crippen molar-refractivity contribution in [1.29, 1.82) is 0 Å². The molecular formula is C19H35NO6. The number of ether oxygens (including phenoxy) is 1. The van der Waals surface area contributed by atoms with Gasteiger partial charge in [-0.2, -0.15) is 0 Å². The fourth-order valence-corrected chi connectivity index (χ4v) is 3.10. The molecule has 7 nitrogen and oxygen atoms in total. The number of aliphatic hydroxyl groups excluding tert-OH is 3. The van der Waals surface area contributed by atoms with E-state index in [1.54, 1.807) is 0 Å². The third-order valence-corrected chi connectivity index (χ3v) is 4.81. The lowest BCUT2D eigenvalue weighted by Gasteiger charge is -2.19. The third kappa shape index (κ3) is 8.01. The second-order valence-electron chi connectivity index (χ2n) is 7.11. The number of unbranched alkanes of at least 4 members (excludes halogenated alkanes) is 10. The minimum Gasteiger partial charge on any atom is -0.454 e. The molecule has 26 heavy (non-hydrogen) atoms. The molecule has 0 radical (unpaired) electrons. The van der Waals surface area contributed by atoms with Crippen molar-refractivity contribution in [3.05, 3.63) is 0 Å². The molecule has 1 rings (SSSR count). The molecule has 7 heteroatoms. The number of amides is 1. The highest BCUT2D eigenvalue weighted by Crippen LogP contribution is 2.19. The summed E-state index contributed by atoms with van der Waals surface area (Å²) >= 11 is 0. The van der Waals surface area contributed by atoms with E-state index in [2.05, 4.69) is 17.0 Å². The lowest BCUT2D eigenvalue weighted by Crippen LogP contribution is -2.47. The molecule has 0 aromatic rings. The number of carbonyl (C=O) groups is 2. The first-order valence-corrected chi connectivity index (χ1v) is 10.0. The molecule has 1 aliphatic heterocycles. The van der Waals surface area contributed by atoms with Crippen LogP contribution in [0.15, 0.2) is 0 Å². The molecule has 0 unspecified atom stereocenters. The van der Waals surface area contributed by atoms with Crippen molar-refractivity contribution >= 4 is 11.9 Å². The molecule has 1 fully saturated rings. The van der Waals surface area contributed by atoms with Gasteiger partial charge in [-0.3, -0.25) is 4.79 Å². The number of hydrogen-bond donors (Lipinski definition) is 4. The average Bonchev–Trinajstić information content (AvgIpc) is 2.89. The molecule has 1 saturated heterocycles. The van der Waals surface area contributed by atoms with Crippen LogP contribution in [-0.4, -0.2) is 58.2 Å². The Labute approximate surface area is 156 Å². The summed E-state index contributed by atoms with van der Waals surface area (Å²) in [6, 6.07) is 0. The minimum atomic E-state index is -1.71. The van der Waals surface area contributed by atoms with Crippen LogP contribution in [0.5, 0.6) is 0 Å². The number of aliphatic hydroxyl groups is 3. The van der Waals surface area contributed by atoms with Crippen LogP contribution in [0.4, 0.5) is 0 Å². The third-order valence-electron chi connectivity index (χ3n) is 4.81. The highest BCUT2D eigenvalue weighted by molar-refractivity contribution is 5.84. The summed E-state index contributed by atoms with van der Waals surface area (Å²) in [5, 5.41) is 31.3. The van der Waals surface area contributed by atoms with Crippen molar-refractivity contribution in [3.63, 3.8) is 0 Å². The summed E-state index contributed by atoms with van der Waals surface area (Å²) in [4.78, 5) is 22.9. The van der Waals surface area contributed by atoms with Gasteiger partial charge in [0.15, 0.2) is 18.3 Å². The van der Waals surface area contributed by atoms with E-state index in [1.165, 1.54) is 51.4 Å². The number of nitrogens with one attached hydrogen (secondary N) is 1. The van der Waals surface area contributed by atoms with Gasteiger partial charge in [0.1, 0.15) is 6.10 Å². The first-order chi connectivity index (χ1) is 12.5. The van der Waals surface area contributed by atoms with Gasteiger partial charge in [0.05, 0.1) is 0 Å². The zero-order chi connectivity index (χ0) is 19.4. The summed E-state index contributed by atoms with van der Waals surface area (Å²) in [7, 11) is 0. The molecule has 1 amide bonds. The molecule has 4 atom stereocenters. The zero-order valence-electron chi connectivity index (χ0n) is 15.9. The van der Waals surface area contributed by atoms with E-state index >= 15 is 0 Å². The Morgan fingerprint density at radius 3 is 1.96 bits per heavy atom. The van der Waals surface area contributed by atoms with E-state index in [0.717, 1.165) is 19.3 Å². The predicted molar refractivity (Wildman–Crippen MR) is 97.4 cm³/mol. The molecule has 152 valence electrons. The molecular weight excluding hydrogens is 338 g/mol. The molecule has 0 aromatic heterocycles. The van der Waals surface area contributed by atoms with E-state index in [4.69, 9.17) is 0 Å². The fourth-order valence-electron chi connectivity index (χ4n) is 3.10. The first-order valence-electron chi connectivity index (χ1n) is 10.0. The van der Waals surface area contributed by atoms with Crippen molar-refractivity contribution in [2.75, 3.05) is 6.54 Å². The Bertz CT molecular complexity index is 417. The Hall–Kier alpha value is -1.18. The predicted octanol–water partition coefficient (Wildman–Crippen LogP) is 1.42. The van der Waals surface area contributed by atoms with Crippen LogP contribution in [0.2, 0.25) is 0 Å². The lowest BCUT2D eigenvalue weighted by atomic mass is 10.1. The molecule has 1 heterocycles. The van der Waals surface area contributed by atoms with Crippen LogP contribution in [-0.2, 0) is 14.3 Å². The highest BCUT2D eigenvalue weighted by atomic mass is 16.6. The van der Waals surface area contributed by atoms with E-state index in [-0.39, 0.29) is 0 Å². The van der Waals surface area contributed by atoms with Crippen molar-refractivity contribution in [1.82, 2.24) is 5.32 Å². The van der Waals surface area contributed by atoms with Gasteiger partial charge in [-0.15, -0.1) is 0 Å². The number of carbonyl (C=O) groups excluding carboxylic acids is 2. The second kappa shape index (κ2) is 13.1. The molecule has 1 aliphatic rings. The molecule has 0 aliphatic carbocycles. The summed E-state index contributed by atoms with van der Waals surface area (Å²) in [5.74, 6) is -1.73. The van der Waals surface area contributed by atoms with Crippen molar-refractivity contribution in [2.24, 2.45) is 0 Å². The highest BCUT2D eigenvalue weighted by Gasteiger charge is 2.48. The number of cyclic esters (lactones) is 1. The van der Waals surface area contributed by atoms with E-state index < -0.39 is 36.3 Å². The lowest BCUT2D eigenvalue weighted by molar-refractivity contribution is -0.153. The maximum atomic E-state index is 11.8. The van der Waals surface area contributed by atoms with E-state index in [9.17, 15) is 24.9 Å². The molecule has 4 N–H and O–H groups in total. The Balaban J connectivity index is 1.99. The van der Waals surface area contributed by atoms with Gasteiger partial charge in [-0.05, 0) is 6.42 Å². The maximum Gasteiger partial charge on any atom is 0.338 e. The van der Waals surface area contributed by atoms with Gasteiger partial charge in [0, 0.05) is 6.54 Å². The second-order valence-corrected chi connectivity index (χ2v) is 7.11. The Morgan fingerprint density at radius 2 is 1.50 bits per heavy atom. The first kappa shape index (κ1) is 22.9. The minimum absolute atomic E-state index is 0.423. The molecule has 0 bridgehead atoms. The summed E-state index contributed by atoms with van der Waals surface area (Å²) in [5.41, 5.74) is 0. The summed E-state index contributed by atoms with van der Waals surface area (Å²) in [6.07, 6.45) is 6.90. The van der Waals surface area contributed by atoms with Crippen LogP contribution < -0.4 is 5.32 Å². The van der Waals surface area contributed by atoms with Gasteiger partial charge in [-0.25, -0.2) is 4.79 Å². The van der Waals surface area contributed by atoms with Crippen LogP contribution in [0.25, 0.3) is 0 Å². The van der Waals surface area contributed by atoms with Crippen LogP contribution in [0.1, 0.15) is 77.6 Å². The van der Waals surface area contributed by atoms with Gasteiger partial charge in [-0.1, -0.05) is 71.1 Å². The van der Waals surface area contributed by atoms with Crippen molar-refractivity contribution < 1.29 is 29.6 Å². The molecule has 0 spiro atoms. The normalized spacial score (nSPS) is 23.7. The van der Waals surface area contributed by atoms with Gasteiger partial charge in [0.25, 0.3) is 5.91 Å². The smallest absolute Gasteiger partial charge is 0.338 e. The van der Waals surface area contributed by atoms with Crippen molar-refractivity contribution in [3.8, 4) is 0 Å². The summed E-state index contributed by atoms with van der Waals surface area (Å²) < 4.78 is 4.63. The SMILES string of the molecule is CCCCCCCCCCCCCNC(=O)[C@H](O)[C@H]1OC(=O)[C@@H](O)[C@H]1O. The molecule has 0 aromatic carbocycles. The van der Waals surface area contributed by atoms with Crippen molar-refractivity contribution in [2.45, 2.75) is 102 Å². The topological polar surface area (TPSA) is 116 Å². The number of esters is 1. The molecule has 0 saturated carbocycles. The van der Waals surface area contributed by atoms with Gasteiger partial charge in [0.2, 0.25) is 0 Å². The maximum absolute atomic E-state index is 11.8. The average molecular weight is 373 g/mol. The van der Waals surface area contributed by atoms with Crippen LogP contribution >= 0.6 is 0 Å². The monoisotopic (exact) mass is 373 g/mol.